The molecular formula is C27H33N3O6S. The van der Waals surface area contributed by atoms with E-state index in [1.54, 1.807) is 18.9 Å². The van der Waals surface area contributed by atoms with E-state index in [1.165, 1.54) is 18.9 Å². The van der Waals surface area contributed by atoms with Crippen LogP contribution in [0.4, 0.5) is 0 Å². The first-order chi connectivity index (χ1) is 17.9. The van der Waals surface area contributed by atoms with Gasteiger partial charge < -0.3 is 24.0 Å². The molecule has 0 N–H and O–H groups in total. The summed E-state index contributed by atoms with van der Waals surface area (Å²) in [6.45, 7) is 5.13. The number of benzene rings is 1. The van der Waals surface area contributed by atoms with Crippen LogP contribution in [0.25, 0.3) is 0 Å². The molecule has 0 bridgehead atoms. The summed E-state index contributed by atoms with van der Waals surface area (Å²) in [6, 6.07) is 7.06. The normalized spacial score (nSPS) is 19.7. The number of amidine groups is 1. The maximum atomic E-state index is 13.3. The fourth-order valence-electron chi connectivity index (χ4n) is 4.93. The van der Waals surface area contributed by atoms with Gasteiger partial charge in [0.25, 0.3) is 0 Å². The van der Waals surface area contributed by atoms with Gasteiger partial charge in [0.15, 0.2) is 5.17 Å². The zero-order valence-electron chi connectivity index (χ0n) is 21.7. The Kier molecular flexibility index (Phi) is 8.58. The van der Waals surface area contributed by atoms with Gasteiger partial charge in [-0.1, -0.05) is 30.8 Å². The summed E-state index contributed by atoms with van der Waals surface area (Å²) in [4.78, 5) is 47.0. The van der Waals surface area contributed by atoms with Gasteiger partial charge in [-0.25, -0.2) is 9.79 Å². The summed E-state index contributed by atoms with van der Waals surface area (Å²) in [6.07, 6.45) is 1.91. The van der Waals surface area contributed by atoms with E-state index >= 15 is 0 Å². The highest BCUT2D eigenvalue weighted by Gasteiger charge is 2.42. The second-order valence-electron chi connectivity index (χ2n) is 8.96. The van der Waals surface area contributed by atoms with E-state index in [2.05, 4.69) is 0 Å². The topological polar surface area (TPSA) is 97.7 Å². The number of hydrogen-bond acceptors (Lipinski definition) is 9. The SMILES string of the molecule is CCOC(=O)C1CCN(C(=O)CC2=CSC3=NC(CC)=C(C(=O)OC)[C@H](c4cccc(OC)c4)N23)CC1. The van der Waals surface area contributed by atoms with Crippen molar-refractivity contribution in [2.75, 3.05) is 33.9 Å². The summed E-state index contributed by atoms with van der Waals surface area (Å²) in [7, 11) is 2.96. The van der Waals surface area contributed by atoms with Crippen molar-refractivity contribution in [2.24, 2.45) is 10.9 Å². The van der Waals surface area contributed by atoms with Crippen LogP contribution >= 0.6 is 11.8 Å². The number of amides is 1. The maximum absolute atomic E-state index is 13.3. The summed E-state index contributed by atoms with van der Waals surface area (Å²) >= 11 is 1.45. The molecule has 1 atom stereocenters. The van der Waals surface area contributed by atoms with Crippen LogP contribution in [-0.4, -0.2) is 66.7 Å². The summed E-state index contributed by atoms with van der Waals surface area (Å²) in [5.74, 6) is -0.153. The number of piperidine rings is 1. The second-order valence-corrected chi connectivity index (χ2v) is 9.80. The minimum atomic E-state index is -0.506. The smallest absolute Gasteiger partial charge is 0.338 e. The number of allylic oxidation sites excluding steroid dienone is 1. The van der Waals surface area contributed by atoms with E-state index in [4.69, 9.17) is 19.2 Å². The molecule has 1 aromatic rings. The standard InChI is InChI=1S/C27H33N3O6S/c1-5-21-23(26(33)35-4)24(18-8-7-9-20(14-18)34-3)30-19(16-37-27(30)28-21)15-22(31)29-12-10-17(11-13-29)25(32)36-6-2/h7-9,14,16-17,24H,5-6,10-13,15H2,1-4H3/t24-/m0/s1. The molecule has 0 aliphatic carbocycles. The van der Waals surface area contributed by atoms with E-state index in [9.17, 15) is 14.4 Å². The molecule has 3 heterocycles. The highest BCUT2D eigenvalue weighted by Crippen LogP contribution is 2.46. The van der Waals surface area contributed by atoms with Gasteiger partial charge in [-0.2, -0.15) is 0 Å². The number of aliphatic imine (C=N–C) groups is 1. The third kappa shape index (κ3) is 5.53. The van der Waals surface area contributed by atoms with Gasteiger partial charge in [-0.05, 0) is 49.3 Å². The lowest BCUT2D eigenvalue weighted by molar-refractivity contribution is -0.151. The zero-order valence-corrected chi connectivity index (χ0v) is 22.5. The van der Waals surface area contributed by atoms with Gasteiger partial charge in [0.05, 0.1) is 50.5 Å². The van der Waals surface area contributed by atoms with Crippen LogP contribution in [0.3, 0.4) is 0 Å². The van der Waals surface area contributed by atoms with Crippen molar-refractivity contribution in [2.45, 2.75) is 45.6 Å². The minimum absolute atomic E-state index is 0.0234. The third-order valence-corrected chi connectivity index (χ3v) is 7.73. The molecule has 1 amide bonds. The molecule has 0 spiro atoms. The molecule has 3 aliphatic rings. The molecule has 0 saturated carbocycles. The second kappa shape index (κ2) is 11.9. The Balaban J connectivity index is 1.59. The van der Waals surface area contributed by atoms with Crippen LogP contribution in [0.5, 0.6) is 5.75 Å². The Morgan fingerprint density at radius 2 is 1.89 bits per heavy atom. The van der Waals surface area contributed by atoms with E-state index in [0.717, 1.165) is 16.4 Å². The van der Waals surface area contributed by atoms with Crippen LogP contribution in [0.2, 0.25) is 0 Å². The van der Waals surface area contributed by atoms with E-state index in [0.29, 0.717) is 56.0 Å². The fraction of sp³-hybridized carbons (Fsp3) is 0.481. The molecule has 0 unspecified atom stereocenters. The lowest BCUT2D eigenvalue weighted by atomic mass is 9.92. The van der Waals surface area contributed by atoms with Gasteiger partial charge in [0.1, 0.15) is 5.75 Å². The number of esters is 2. The Bertz CT molecular complexity index is 1150. The average Bonchev–Trinajstić information content (AvgIpc) is 3.33. The van der Waals surface area contributed by atoms with Crippen molar-refractivity contribution in [1.29, 1.82) is 0 Å². The number of rotatable bonds is 8. The Labute approximate surface area is 221 Å². The number of likely N-dealkylation sites (tertiary alicyclic amines) is 1. The van der Waals surface area contributed by atoms with Crippen molar-refractivity contribution in [1.82, 2.24) is 9.80 Å². The maximum Gasteiger partial charge on any atom is 0.338 e. The van der Waals surface area contributed by atoms with Crippen LogP contribution in [-0.2, 0) is 23.9 Å². The molecule has 10 heteroatoms. The van der Waals surface area contributed by atoms with Gasteiger partial charge in [-0.15, -0.1) is 0 Å². The van der Waals surface area contributed by atoms with Gasteiger partial charge in [-0.3, -0.25) is 9.59 Å². The average molecular weight is 528 g/mol. The highest BCUT2D eigenvalue weighted by molar-refractivity contribution is 8.16. The Morgan fingerprint density at radius 3 is 2.54 bits per heavy atom. The minimum Gasteiger partial charge on any atom is -0.497 e. The van der Waals surface area contributed by atoms with Gasteiger partial charge in [0.2, 0.25) is 5.91 Å². The number of methoxy groups -OCH3 is 2. The number of fused-ring (bicyclic) bond motifs is 1. The van der Waals surface area contributed by atoms with Crippen LogP contribution in [0.15, 0.2) is 51.6 Å². The zero-order chi connectivity index (χ0) is 26.5. The predicted octanol–water partition coefficient (Wildman–Crippen LogP) is 4.03. The molecule has 1 saturated heterocycles. The highest BCUT2D eigenvalue weighted by atomic mass is 32.2. The van der Waals surface area contributed by atoms with Crippen molar-refractivity contribution in [3.63, 3.8) is 0 Å². The summed E-state index contributed by atoms with van der Waals surface area (Å²) in [5.41, 5.74) is 2.73. The lowest BCUT2D eigenvalue weighted by Crippen LogP contribution is -2.42. The summed E-state index contributed by atoms with van der Waals surface area (Å²) in [5, 5.41) is 2.66. The predicted molar refractivity (Wildman–Crippen MR) is 141 cm³/mol. The van der Waals surface area contributed by atoms with Crippen molar-refractivity contribution < 1.29 is 28.6 Å². The first-order valence-corrected chi connectivity index (χ1v) is 13.4. The molecule has 198 valence electrons. The molecular weight excluding hydrogens is 494 g/mol. The Hall–Kier alpha value is -3.27. The first kappa shape index (κ1) is 26.8. The van der Waals surface area contributed by atoms with E-state index in [-0.39, 0.29) is 24.2 Å². The van der Waals surface area contributed by atoms with Gasteiger partial charge >= 0.3 is 11.9 Å². The number of carbonyl (C=O) groups excluding carboxylic acids is 3. The molecule has 3 aliphatic heterocycles. The fourth-order valence-corrected chi connectivity index (χ4v) is 5.87. The van der Waals surface area contributed by atoms with Crippen LogP contribution in [0.1, 0.15) is 51.1 Å². The van der Waals surface area contributed by atoms with Crippen molar-refractivity contribution in [3.05, 3.63) is 52.2 Å². The quantitative estimate of drug-likeness (QED) is 0.468. The van der Waals surface area contributed by atoms with E-state index < -0.39 is 12.0 Å². The number of nitrogens with zero attached hydrogens (tertiary/aromatic N) is 3. The number of ether oxygens (including phenoxy) is 3. The largest absolute Gasteiger partial charge is 0.497 e. The molecule has 9 nitrogen and oxygen atoms in total. The number of hydrogen-bond donors (Lipinski definition) is 0. The molecule has 1 aromatic carbocycles. The number of thioether (sulfide) groups is 1. The molecule has 37 heavy (non-hydrogen) atoms. The van der Waals surface area contributed by atoms with E-state index in [1.807, 2.05) is 41.5 Å². The van der Waals surface area contributed by atoms with Gasteiger partial charge in [0, 0.05) is 18.8 Å². The molecule has 4 rings (SSSR count). The van der Waals surface area contributed by atoms with Crippen molar-refractivity contribution in [3.8, 4) is 5.75 Å². The Morgan fingerprint density at radius 1 is 1.14 bits per heavy atom. The molecule has 0 radical (unpaired) electrons. The molecule has 0 aromatic heterocycles. The number of carbonyl (C=O) groups is 3. The summed E-state index contributed by atoms with van der Waals surface area (Å²) < 4.78 is 15.8. The molecule has 1 fully saturated rings. The first-order valence-electron chi connectivity index (χ1n) is 12.5. The van der Waals surface area contributed by atoms with Crippen molar-refractivity contribution >= 4 is 34.8 Å². The van der Waals surface area contributed by atoms with Crippen LogP contribution < -0.4 is 4.74 Å². The third-order valence-electron chi connectivity index (χ3n) is 6.84. The monoisotopic (exact) mass is 527 g/mol. The lowest BCUT2D eigenvalue weighted by Gasteiger charge is -2.37. The van der Waals surface area contributed by atoms with Crippen LogP contribution in [0, 0.1) is 5.92 Å².